The number of hydrogen-bond donors (Lipinski definition) is 1. The van der Waals surface area contributed by atoms with Gasteiger partial charge in [-0.1, -0.05) is 48.3 Å². The van der Waals surface area contributed by atoms with Crippen molar-refractivity contribution in [2.45, 2.75) is 25.4 Å². The summed E-state index contributed by atoms with van der Waals surface area (Å²) in [5, 5.41) is 5.08. The summed E-state index contributed by atoms with van der Waals surface area (Å²) < 4.78 is 6.37. The molecule has 1 fully saturated rings. The number of nitrogens with zero attached hydrogens (tertiary/aromatic N) is 2. The third-order valence-electron chi connectivity index (χ3n) is 5.84. The number of rotatable bonds is 5. The summed E-state index contributed by atoms with van der Waals surface area (Å²) in [7, 11) is 0. The Morgan fingerprint density at radius 1 is 1.00 bits per heavy atom. The summed E-state index contributed by atoms with van der Waals surface area (Å²) in [5.74, 6) is 1.49. The van der Waals surface area contributed by atoms with Crippen LogP contribution in [-0.2, 0) is 6.42 Å². The third kappa shape index (κ3) is 4.24. The van der Waals surface area contributed by atoms with Crippen molar-refractivity contribution in [2.75, 3.05) is 4.90 Å². The topological polar surface area (TPSA) is 41.3 Å². The van der Waals surface area contributed by atoms with Crippen LogP contribution >= 0.6 is 35.4 Å². The lowest BCUT2D eigenvalue weighted by atomic mass is 10.0. The number of pyridine rings is 1. The van der Waals surface area contributed by atoms with E-state index in [2.05, 4.69) is 46.4 Å². The number of anilines is 1. The van der Waals surface area contributed by atoms with Crippen LogP contribution in [0.3, 0.4) is 0 Å². The maximum atomic E-state index is 6.37. The zero-order chi connectivity index (χ0) is 22.9. The van der Waals surface area contributed by atoms with Crippen molar-refractivity contribution < 1.29 is 4.42 Å². The van der Waals surface area contributed by atoms with Gasteiger partial charge in [0.15, 0.2) is 5.11 Å². The van der Waals surface area contributed by atoms with Crippen LogP contribution < -0.4 is 10.2 Å². The van der Waals surface area contributed by atoms with Gasteiger partial charge in [0.25, 0.3) is 0 Å². The van der Waals surface area contributed by atoms with E-state index in [9.17, 15) is 0 Å². The van der Waals surface area contributed by atoms with Crippen LogP contribution in [0.4, 0.5) is 5.69 Å². The molecule has 4 nitrogen and oxygen atoms in total. The van der Waals surface area contributed by atoms with Crippen LogP contribution in [-0.4, -0.2) is 10.1 Å². The van der Waals surface area contributed by atoms with Crippen molar-refractivity contribution in [1.29, 1.82) is 0 Å². The monoisotopic (exact) mass is 493 g/mol. The molecule has 1 aliphatic heterocycles. The molecule has 0 saturated carbocycles. The predicted octanol–water partition coefficient (Wildman–Crippen LogP) is 7.39. The number of benzene rings is 2. The van der Waals surface area contributed by atoms with E-state index in [0.717, 1.165) is 29.1 Å². The van der Waals surface area contributed by atoms with Gasteiger partial charge in [0.1, 0.15) is 17.6 Å². The lowest BCUT2D eigenvalue weighted by Gasteiger charge is -2.26. The molecule has 0 bridgehead atoms. The van der Waals surface area contributed by atoms with Crippen molar-refractivity contribution >= 4 is 46.2 Å². The van der Waals surface area contributed by atoms with Gasteiger partial charge in [-0.3, -0.25) is 4.98 Å². The first kappa shape index (κ1) is 22.0. The second-order valence-corrected chi connectivity index (χ2v) is 9.05. The second-order valence-electron chi connectivity index (χ2n) is 7.85. The summed E-state index contributed by atoms with van der Waals surface area (Å²) >= 11 is 18.1. The van der Waals surface area contributed by atoms with E-state index in [1.807, 2.05) is 42.5 Å². The molecular weight excluding hydrogens is 473 g/mol. The molecule has 4 aromatic rings. The molecule has 7 heteroatoms. The maximum absolute atomic E-state index is 6.37. The fourth-order valence-electron chi connectivity index (χ4n) is 4.13. The van der Waals surface area contributed by atoms with Crippen molar-refractivity contribution in [3.05, 3.63) is 106 Å². The molecule has 0 amide bonds. The molecule has 1 aliphatic rings. The molecule has 1 saturated heterocycles. The van der Waals surface area contributed by atoms with Crippen LogP contribution in [0.2, 0.25) is 10.0 Å². The molecule has 2 aromatic heterocycles. The minimum Gasteiger partial charge on any atom is -0.459 e. The Morgan fingerprint density at radius 3 is 2.52 bits per heavy atom. The molecule has 0 unspecified atom stereocenters. The van der Waals surface area contributed by atoms with Gasteiger partial charge in [0, 0.05) is 17.4 Å². The molecule has 33 heavy (non-hydrogen) atoms. The van der Waals surface area contributed by atoms with Crippen LogP contribution in [0.25, 0.3) is 11.3 Å². The number of aromatic nitrogens is 1. The minimum absolute atomic E-state index is 0.169. The average molecular weight is 494 g/mol. The van der Waals surface area contributed by atoms with Gasteiger partial charge >= 0.3 is 0 Å². The summed E-state index contributed by atoms with van der Waals surface area (Å²) in [5.41, 5.74) is 4.03. The van der Waals surface area contributed by atoms with Gasteiger partial charge in [-0.2, -0.15) is 0 Å². The van der Waals surface area contributed by atoms with E-state index >= 15 is 0 Å². The van der Waals surface area contributed by atoms with Crippen molar-refractivity contribution in [3.63, 3.8) is 0 Å². The number of halogens is 2. The Balaban J connectivity index is 1.58. The van der Waals surface area contributed by atoms with Gasteiger partial charge in [0.2, 0.25) is 0 Å². The first-order chi connectivity index (χ1) is 16.0. The Morgan fingerprint density at radius 2 is 1.82 bits per heavy atom. The number of hydrogen-bond acceptors (Lipinski definition) is 3. The molecule has 0 spiro atoms. The minimum atomic E-state index is -0.212. The van der Waals surface area contributed by atoms with E-state index < -0.39 is 0 Å². The molecular formula is C26H21Cl2N3OS. The largest absolute Gasteiger partial charge is 0.459 e. The highest BCUT2D eigenvalue weighted by molar-refractivity contribution is 7.80. The first-order valence-corrected chi connectivity index (χ1v) is 11.9. The summed E-state index contributed by atoms with van der Waals surface area (Å²) in [6, 6.07) is 23.4. The van der Waals surface area contributed by atoms with Crippen LogP contribution in [0.5, 0.6) is 0 Å². The third-order valence-corrected chi connectivity index (χ3v) is 6.90. The van der Waals surface area contributed by atoms with Gasteiger partial charge in [-0.25, -0.2) is 0 Å². The molecule has 2 atom stereocenters. The Bertz CT molecular complexity index is 1290. The van der Waals surface area contributed by atoms with Gasteiger partial charge < -0.3 is 14.6 Å². The Labute approximate surface area is 208 Å². The number of nitrogens with one attached hydrogen (secondary N) is 1. The molecule has 2 aromatic carbocycles. The van der Waals surface area contributed by atoms with Crippen LogP contribution in [0, 0.1) is 0 Å². The summed E-state index contributed by atoms with van der Waals surface area (Å²) in [4.78, 5) is 6.69. The standard InChI is InChI=1S/C26H21Cl2N3OS/c1-2-16-6-9-18(10-7-16)31-25(24(30-26(31)33)21-5-3-4-14-29-21)23-13-12-22(32-23)17-8-11-19(27)20(28)15-17/h3-15,24-25H,2H2,1H3,(H,30,33)/t24-,25+/m0/s1. The average Bonchev–Trinajstić information content (AvgIpc) is 3.46. The highest BCUT2D eigenvalue weighted by Crippen LogP contribution is 2.43. The van der Waals surface area contributed by atoms with E-state index in [1.54, 1.807) is 12.3 Å². The molecule has 5 rings (SSSR count). The van der Waals surface area contributed by atoms with Gasteiger partial charge in [-0.15, -0.1) is 0 Å². The molecule has 0 radical (unpaired) electrons. The summed E-state index contributed by atoms with van der Waals surface area (Å²) in [6.45, 7) is 2.14. The first-order valence-electron chi connectivity index (χ1n) is 10.7. The van der Waals surface area contributed by atoms with Gasteiger partial charge in [-0.05, 0) is 78.8 Å². The SMILES string of the molecule is CCc1ccc(N2C(=S)N[C@@H](c3ccccn3)[C@H]2c2ccc(-c3ccc(Cl)c(Cl)c3)o2)cc1. The van der Waals surface area contributed by atoms with Crippen molar-refractivity contribution in [1.82, 2.24) is 10.3 Å². The van der Waals surface area contributed by atoms with Gasteiger partial charge in [0.05, 0.1) is 21.8 Å². The molecule has 166 valence electrons. The van der Waals surface area contributed by atoms with E-state index in [1.165, 1.54) is 5.56 Å². The fraction of sp³-hybridized carbons (Fsp3) is 0.154. The number of thiocarbonyl (C=S) groups is 1. The highest BCUT2D eigenvalue weighted by atomic mass is 35.5. The second kappa shape index (κ2) is 9.18. The quantitative estimate of drug-likeness (QED) is 0.293. The van der Waals surface area contributed by atoms with Crippen LogP contribution in [0.15, 0.2) is 83.4 Å². The number of aryl methyl sites for hydroxylation is 1. The molecule has 1 N–H and O–H groups in total. The summed E-state index contributed by atoms with van der Waals surface area (Å²) in [6.07, 6.45) is 2.77. The zero-order valence-electron chi connectivity index (χ0n) is 17.8. The zero-order valence-corrected chi connectivity index (χ0v) is 20.2. The number of furan rings is 1. The predicted molar refractivity (Wildman–Crippen MR) is 138 cm³/mol. The smallest absolute Gasteiger partial charge is 0.174 e. The fourth-order valence-corrected chi connectivity index (χ4v) is 4.77. The molecule has 3 heterocycles. The van der Waals surface area contributed by atoms with Crippen LogP contribution in [0.1, 0.15) is 36.0 Å². The normalized spacial score (nSPS) is 17.9. The van der Waals surface area contributed by atoms with E-state index in [4.69, 9.17) is 39.8 Å². The lowest BCUT2D eigenvalue weighted by Crippen LogP contribution is -2.29. The molecule has 0 aliphatic carbocycles. The maximum Gasteiger partial charge on any atom is 0.174 e. The lowest BCUT2D eigenvalue weighted by molar-refractivity contribution is 0.439. The Kier molecular flexibility index (Phi) is 6.11. The van der Waals surface area contributed by atoms with Crippen molar-refractivity contribution in [3.8, 4) is 11.3 Å². The Hall–Kier alpha value is -2.86. The highest BCUT2D eigenvalue weighted by Gasteiger charge is 2.42. The van der Waals surface area contributed by atoms with E-state index in [-0.39, 0.29) is 12.1 Å². The van der Waals surface area contributed by atoms with E-state index in [0.29, 0.717) is 20.9 Å². The van der Waals surface area contributed by atoms with Crippen molar-refractivity contribution in [2.24, 2.45) is 0 Å².